The van der Waals surface area contributed by atoms with Gasteiger partial charge in [0.2, 0.25) is 0 Å². The molecule has 3 aliphatic rings. The van der Waals surface area contributed by atoms with Crippen LogP contribution in [0.3, 0.4) is 0 Å². The minimum atomic E-state index is -0.839. The first-order valence-corrected chi connectivity index (χ1v) is 29.5. The minimum absolute atomic E-state index is 0.154. The highest BCUT2D eigenvalue weighted by molar-refractivity contribution is 5.92. The third-order valence-electron chi connectivity index (χ3n) is 19.0. The molecule has 13 rings (SSSR count). The molecule has 10 aromatic carbocycles. The third-order valence-corrected chi connectivity index (χ3v) is 19.0. The molecule has 2 aliphatic carbocycles. The normalized spacial score (nSPS) is 15.9. The van der Waals surface area contributed by atoms with Gasteiger partial charge in [-0.2, -0.15) is 0 Å². The van der Waals surface area contributed by atoms with Gasteiger partial charge in [-0.15, -0.1) is 0 Å². The Morgan fingerprint density at radius 3 is 1.55 bits per heavy atom. The number of nitrogens with zero attached hydrogens (tertiary/aromatic N) is 3. The molecule has 3 nitrogen and oxygen atoms in total. The first-order valence-electron chi connectivity index (χ1n) is 29.5. The number of fused-ring (bicyclic) bond motifs is 8. The monoisotopic (exact) mass is 1080 g/mol. The Labute approximate surface area is 492 Å². The summed E-state index contributed by atoms with van der Waals surface area (Å²) in [4.78, 5) is 7.38. The van der Waals surface area contributed by atoms with Gasteiger partial charge in [-0.25, -0.2) is 0 Å². The van der Waals surface area contributed by atoms with Gasteiger partial charge in [0, 0.05) is 50.7 Å². The molecule has 1 atom stereocenters. The Morgan fingerprint density at radius 1 is 0.422 bits per heavy atom. The van der Waals surface area contributed by atoms with Crippen molar-refractivity contribution in [3.8, 4) is 22.3 Å². The van der Waals surface area contributed by atoms with E-state index in [1.807, 2.05) is 0 Å². The molecule has 0 radical (unpaired) electrons. The maximum atomic E-state index is 5.27. The predicted octanol–water partition coefficient (Wildman–Crippen LogP) is 21.6. The number of hydrogen-bond donors (Lipinski definition) is 0. The fourth-order valence-electron chi connectivity index (χ4n) is 14.2. The first-order chi connectivity index (χ1) is 40.0. The van der Waals surface area contributed by atoms with Crippen LogP contribution in [0.1, 0.15) is 107 Å². The van der Waals surface area contributed by atoms with E-state index < -0.39 is 5.41 Å². The van der Waals surface area contributed by atoms with Crippen LogP contribution in [0.5, 0.6) is 0 Å². The van der Waals surface area contributed by atoms with Crippen LogP contribution in [0.15, 0.2) is 248 Å². The maximum absolute atomic E-state index is 5.27. The summed E-state index contributed by atoms with van der Waals surface area (Å²) in [6, 6.07) is 79.8. The zero-order chi connectivity index (χ0) is 57.7. The Kier molecular flexibility index (Phi) is 12.8. The number of hydrogen-bond acceptors (Lipinski definition) is 3. The van der Waals surface area contributed by atoms with Gasteiger partial charge < -0.3 is 14.7 Å². The van der Waals surface area contributed by atoms with E-state index in [-0.39, 0.29) is 10.8 Å². The summed E-state index contributed by atoms with van der Waals surface area (Å²) in [5, 5.41) is 0. The van der Waals surface area contributed by atoms with Gasteiger partial charge in [0.05, 0.1) is 16.8 Å². The molecule has 0 aromatic heterocycles. The summed E-state index contributed by atoms with van der Waals surface area (Å²) < 4.78 is 0. The highest BCUT2D eigenvalue weighted by atomic mass is 15.2. The van der Waals surface area contributed by atoms with E-state index in [2.05, 4.69) is 321 Å². The fourth-order valence-corrected chi connectivity index (χ4v) is 14.2. The lowest BCUT2D eigenvalue weighted by Crippen LogP contribution is -2.38. The number of para-hydroxylation sites is 1. The van der Waals surface area contributed by atoms with Crippen LogP contribution in [-0.4, -0.2) is 0 Å². The third kappa shape index (κ3) is 8.30. The van der Waals surface area contributed by atoms with E-state index in [9.17, 15) is 0 Å². The number of allylic oxidation sites excluding steroid dienone is 4. The second kappa shape index (κ2) is 20.1. The Hall–Kier alpha value is -9.18. The first kappa shape index (κ1) is 53.1. The number of anilines is 8. The molecule has 0 bridgehead atoms. The Balaban J connectivity index is 1.00. The largest absolute Gasteiger partial charge is 0.311 e. The van der Waals surface area contributed by atoms with Crippen LogP contribution in [0.4, 0.5) is 45.5 Å². The molecule has 0 fully saturated rings. The van der Waals surface area contributed by atoms with Crippen molar-refractivity contribution in [2.45, 2.75) is 92.4 Å². The van der Waals surface area contributed by atoms with Crippen molar-refractivity contribution in [1.29, 1.82) is 0 Å². The number of aryl methyl sites for hydroxylation is 4. The lowest BCUT2D eigenvalue weighted by atomic mass is 9.62. The molecule has 0 amide bonds. The lowest BCUT2D eigenvalue weighted by molar-refractivity contribution is 0.660. The summed E-state index contributed by atoms with van der Waals surface area (Å²) in [6.45, 7) is 30.2. The second-order valence-corrected chi connectivity index (χ2v) is 24.5. The molecule has 10 aromatic rings. The highest BCUT2D eigenvalue weighted by Gasteiger charge is 2.47. The van der Waals surface area contributed by atoms with Gasteiger partial charge in [-0.1, -0.05) is 197 Å². The van der Waals surface area contributed by atoms with Crippen LogP contribution >= 0.6 is 0 Å². The predicted molar refractivity (Wildman–Crippen MR) is 353 cm³/mol. The van der Waals surface area contributed by atoms with Crippen molar-refractivity contribution < 1.29 is 0 Å². The zero-order valence-electron chi connectivity index (χ0n) is 50.0. The molecule has 1 aliphatic heterocycles. The van der Waals surface area contributed by atoms with Crippen molar-refractivity contribution in [3.05, 3.63) is 321 Å². The molecule has 83 heavy (non-hydrogen) atoms. The lowest BCUT2D eigenvalue weighted by Gasteiger charge is -2.47. The minimum Gasteiger partial charge on any atom is -0.311 e. The van der Waals surface area contributed by atoms with Crippen LogP contribution in [-0.2, 0) is 16.2 Å². The topological polar surface area (TPSA) is 9.72 Å². The van der Waals surface area contributed by atoms with E-state index in [0.29, 0.717) is 0 Å². The average Bonchev–Trinajstić information content (AvgIpc) is 1.62. The van der Waals surface area contributed by atoms with Crippen molar-refractivity contribution >= 4 is 45.5 Å². The second-order valence-electron chi connectivity index (χ2n) is 24.5. The van der Waals surface area contributed by atoms with Crippen LogP contribution in [0.2, 0.25) is 0 Å². The molecule has 1 heterocycles. The van der Waals surface area contributed by atoms with Crippen molar-refractivity contribution in [1.82, 2.24) is 0 Å². The zero-order valence-corrected chi connectivity index (χ0v) is 50.0. The van der Waals surface area contributed by atoms with Crippen LogP contribution < -0.4 is 14.7 Å². The van der Waals surface area contributed by atoms with E-state index in [0.717, 1.165) is 62.3 Å². The SMILES string of the molecule is C=C(/C=C\C(=C/C)N(c1ccc2c(c1)C(C)(C)c1ccccc1-2)c1cccc(C)c1C)C1(c2ccc(N(c3ccc4c(c3)C(C)(C)c3ccccc3-4)c3cccc(C)c3C)cc2)c2ccccc2N(c2ccc(C)cc2)c2ccc(C)cc21. The molecule has 0 N–H and O–H groups in total. The standard InChI is InChI=1S/C80H73N3/c1-13-59(81(74-30-20-22-53(4)56(74)7)62-43-45-66-64-24-14-16-26-68(64)78(9,10)71(66)49-62)40-35-55(6)80(70-28-18-19-29-76(70)83(61-38-32-51(2)33-39-61)77-47-34-52(3)48-73(77)80)58-36-41-60(42-37-58)82(75-31-21-23-54(5)57(75)8)63-44-46-67-65-25-15-17-27-69(65)79(11,12)72(67)50-63/h13-50H,6H2,1-5,7-12H3/b40-35-,59-13+. The Bertz CT molecular complexity index is 4320. The fraction of sp³-hybridized carbons (Fsp3) is 0.175. The van der Waals surface area contributed by atoms with E-state index in [1.165, 1.54) is 89.0 Å². The van der Waals surface area contributed by atoms with Gasteiger partial charge in [0.1, 0.15) is 0 Å². The van der Waals surface area contributed by atoms with Crippen LogP contribution in [0.25, 0.3) is 22.3 Å². The molecule has 3 heteroatoms. The van der Waals surface area contributed by atoms with E-state index in [1.54, 1.807) is 0 Å². The van der Waals surface area contributed by atoms with Gasteiger partial charge in [0.25, 0.3) is 0 Å². The summed E-state index contributed by atoms with van der Waals surface area (Å²) in [6.07, 6.45) is 6.88. The van der Waals surface area contributed by atoms with Gasteiger partial charge in [0.15, 0.2) is 0 Å². The van der Waals surface area contributed by atoms with Gasteiger partial charge in [-0.05, 0) is 216 Å². The summed E-state index contributed by atoms with van der Waals surface area (Å²) >= 11 is 0. The Morgan fingerprint density at radius 2 is 0.928 bits per heavy atom. The molecule has 0 saturated carbocycles. The number of rotatable bonds is 11. The summed E-state index contributed by atoms with van der Waals surface area (Å²) in [5.41, 5.74) is 31.4. The maximum Gasteiger partial charge on any atom is 0.0736 e. The molecule has 1 unspecified atom stereocenters. The van der Waals surface area contributed by atoms with Crippen LogP contribution in [0, 0.1) is 41.5 Å². The van der Waals surface area contributed by atoms with E-state index >= 15 is 0 Å². The molecular weight excluding hydrogens is 1000 g/mol. The van der Waals surface area contributed by atoms with Gasteiger partial charge >= 0.3 is 0 Å². The highest BCUT2D eigenvalue weighted by Crippen LogP contribution is 2.59. The van der Waals surface area contributed by atoms with E-state index in [4.69, 9.17) is 6.58 Å². The van der Waals surface area contributed by atoms with Crippen molar-refractivity contribution in [2.24, 2.45) is 0 Å². The molecule has 408 valence electrons. The number of benzene rings is 10. The van der Waals surface area contributed by atoms with Gasteiger partial charge in [-0.3, -0.25) is 0 Å². The summed E-state index contributed by atoms with van der Waals surface area (Å²) in [7, 11) is 0. The smallest absolute Gasteiger partial charge is 0.0736 e. The summed E-state index contributed by atoms with van der Waals surface area (Å²) in [5.74, 6) is 0. The molecule has 0 spiro atoms. The molecule has 0 saturated heterocycles. The average molecular weight is 1080 g/mol. The van der Waals surface area contributed by atoms with Crippen molar-refractivity contribution in [3.63, 3.8) is 0 Å². The quantitative estimate of drug-likeness (QED) is 0.120. The molecular formula is C80H73N3. The van der Waals surface area contributed by atoms with Crippen molar-refractivity contribution in [2.75, 3.05) is 14.7 Å².